The first-order valence-corrected chi connectivity index (χ1v) is 5.80. The average Bonchev–Trinajstić information content (AvgIpc) is 1.82. The number of hydrogen-bond acceptors (Lipinski definition) is 4. The van der Waals surface area contributed by atoms with E-state index in [0.29, 0.717) is 0 Å². The summed E-state index contributed by atoms with van der Waals surface area (Å²) >= 11 is 0. The Morgan fingerprint density at radius 3 is 2.31 bits per heavy atom. The van der Waals surface area contributed by atoms with Crippen molar-refractivity contribution in [1.82, 2.24) is 5.32 Å². The number of sulfonamides is 1. The van der Waals surface area contributed by atoms with Gasteiger partial charge in [-0.2, -0.15) is 0 Å². The number of nitrogens with two attached hydrogens (primary N) is 1. The maximum absolute atomic E-state index is 10.5. The van der Waals surface area contributed by atoms with E-state index in [1.54, 1.807) is 20.8 Å². The summed E-state index contributed by atoms with van der Waals surface area (Å²) in [5, 5.41) is 17.1. The molecule has 0 aromatic heterocycles. The van der Waals surface area contributed by atoms with Crippen LogP contribution in [-0.2, 0) is 10.0 Å². The molecule has 0 amide bonds. The second-order valence-electron chi connectivity index (χ2n) is 3.70. The number of aliphatic hydroxyl groups is 1. The first-order valence-electron chi connectivity index (χ1n) is 4.09. The molecular formula is C7H18N2O3S. The molecule has 0 spiro atoms. The summed E-state index contributed by atoms with van der Waals surface area (Å²) in [6.45, 7) is 5.34. The Bertz CT molecular complexity index is 243. The summed E-state index contributed by atoms with van der Waals surface area (Å²) in [6.07, 6.45) is 0. The number of primary sulfonamides is 1. The average molecular weight is 210 g/mol. The van der Waals surface area contributed by atoms with Gasteiger partial charge in [-0.05, 0) is 20.8 Å². The fourth-order valence-corrected chi connectivity index (χ4v) is 1.07. The van der Waals surface area contributed by atoms with E-state index < -0.39 is 15.6 Å². The quantitative estimate of drug-likeness (QED) is 0.544. The fourth-order valence-electron chi connectivity index (χ4n) is 0.667. The van der Waals surface area contributed by atoms with E-state index in [4.69, 9.17) is 5.14 Å². The van der Waals surface area contributed by atoms with Crippen LogP contribution in [-0.4, -0.2) is 37.5 Å². The first kappa shape index (κ1) is 12.8. The molecule has 4 N–H and O–H groups in total. The predicted molar refractivity (Wildman–Crippen MR) is 51.7 cm³/mol. The van der Waals surface area contributed by atoms with Crippen molar-refractivity contribution in [2.24, 2.45) is 5.14 Å². The minimum absolute atomic E-state index is 0.118. The van der Waals surface area contributed by atoms with Crippen LogP contribution in [0.3, 0.4) is 0 Å². The maximum Gasteiger partial charge on any atom is 0.210 e. The lowest BCUT2D eigenvalue weighted by molar-refractivity contribution is 0.0451. The van der Waals surface area contributed by atoms with E-state index in [1.807, 2.05) is 0 Å². The van der Waals surface area contributed by atoms with Crippen molar-refractivity contribution < 1.29 is 13.5 Å². The zero-order chi connectivity index (χ0) is 10.7. The van der Waals surface area contributed by atoms with Crippen LogP contribution in [0.4, 0.5) is 0 Å². The molecule has 0 aliphatic heterocycles. The molecule has 0 saturated carbocycles. The molecule has 0 heterocycles. The van der Waals surface area contributed by atoms with Crippen molar-refractivity contribution in [2.45, 2.75) is 32.4 Å². The summed E-state index contributed by atoms with van der Waals surface area (Å²) < 4.78 is 21.1. The zero-order valence-electron chi connectivity index (χ0n) is 8.24. The number of rotatable bonds is 5. The Hall–Kier alpha value is -0.170. The molecule has 0 aromatic carbocycles. The summed E-state index contributed by atoms with van der Waals surface area (Å²) in [7, 11) is -3.41. The van der Waals surface area contributed by atoms with Gasteiger partial charge >= 0.3 is 0 Å². The van der Waals surface area contributed by atoms with Crippen molar-refractivity contribution >= 4 is 10.0 Å². The van der Waals surface area contributed by atoms with Crippen LogP contribution in [0.2, 0.25) is 0 Å². The van der Waals surface area contributed by atoms with Gasteiger partial charge < -0.3 is 10.4 Å². The first-order chi connectivity index (χ1) is 5.63. The van der Waals surface area contributed by atoms with E-state index in [2.05, 4.69) is 5.32 Å². The van der Waals surface area contributed by atoms with Gasteiger partial charge in [0, 0.05) is 12.6 Å². The third-order valence-electron chi connectivity index (χ3n) is 1.90. The minimum Gasteiger partial charge on any atom is -0.389 e. The van der Waals surface area contributed by atoms with Crippen molar-refractivity contribution in [3.8, 4) is 0 Å². The highest BCUT2D eigenvalue weighted by Crippen LogP contribution is 2.06. The third kappa shape index (κ3) is 6.94. The van der Waals surface area contributed by atoms with Crippen LogP contribution in [0.15, 0.2) is 0 Å². The van der Waals surface area contributed by atoms with Crippen molar-refractivity contribution in [3.63, 3.8) is 0 Å². The standard InChI is InChI=1S/C7H18N2O3S/c1-6(7(2,3)10)9-4-5-13(8,11)12/h6,9-10H,4-5H2,1-3H3,(H2,8,11,12). The van der Waals surface area contributed by atoms with Crippen LogP contribution in [0.5, 0.6) is 0 Å². The smallest absolute Gasteiger partial charge is 0.210 e. The Morgan fingerprint density at radius 1 is 1.54 bits per heavy atom. The lowest BCUT2D eigenvalue weighted by Gasteiger charge is -2.26. The molecule has 0 aliphatic rings. The van der Waals surface area contributed by atoms with Crippen molar-refractivity contribution in [2.75, 3.05) is 12.3 Å². The van der Waals surface area contributed by atoms with Gasteiger partial charge in [-0.3, -0.25) is 0 Å². The SMILES string of the molecule is CC(NCCS(N)(=O)=O)C(C)(C)O. The van der Waals surface area contributed by atoms with Gasteiger partial charge in [0.1, 0.15) is 0 Å². The van der Waals surface area contributed by atoms with Crippen LogP contribution >= 0.6 is 0 Å². The molecule has 0 aromatic rings. The highest BCUT2D eigenvalue weighted by molar-refractivity contribution is 7.89. The second-order valence-corrected chi connectivity index (χ2v) is 5.43. The highest BCUT2D eigenvalue weighted by atomic mass is 32.2. The molecule has 0 rings (SSSR count). The molecule has 1 unspecified atom stereocenters. The van der Waals surface area contributed by atoms with Crippen LogP contribution in [0.25, 0.3) is 0 Å². The molecule has 5 nitrogen and oxygen atoms in total. The largest absolute Gasteiger partial charge is 0.389 e. The minimum atomic E-state index is -3.41. The molecule has 80 valence electrons. The summed E-state index contributed by atoms with van der Waals surface area (Å²) in [6, 6.07) is -0.172. The van der Waals surface area contributed by atoms with Gasteiger partial charge in [0.2, 0.25) is 10.0 Å². The van der Waals surface area contributed by atoms with E-state index >= 15 is 0 Å². The van der Waals surface area contributed by atoms with E-state index in [0.717, 1.165) is 0 Å². The van der Waals surface area contributed by atoms with E-state index in [1.165, 1.54) is 0 Å². The molecule has 0 fully saturated rings. The Morgan fingerprint density at radius 2 is 2.00 bits per heavy atom. The van der Waals surface area contributed by atoms with Gasteiger partial charge in [-0.1, -0.05) is 0 Å². The normalized spacial score (nSPS) is 15.8. The Balaban J connectivity index is 3.80. The number of hydrogen-bond donors (Lipinski definition) is 3. The highest BCUT2D eigenvalue weighted by Gasteiger charge is 2.21. The maximum atomic E-state index is 10.5. The van der Waals surface area contributed by atoms with Crippen LogP contribution < -0.4 is 10.5 Å². The summed E-state index contributed by atoms with van der Waals surface area (Å²) in [4.78, 5) is 0. The van der Waals surface area contributed by atoms with Crippen LogP contribution in [0, 0.1) is 0 Å². The van der Waals surface area contributed by atoms with Gasteiger partial charge in [0.05, 0.1) is 11.4 Å². The second kappa shape index (κ2) is 4.36. The molecule has 0 aliphatic carbocycles. The van der Waals surface area contributed by atoms with Gasteiger partial charge in [0.25, 0.3) is 0 Å². The zero-order valence-corrected chi connectivity index (χ0v) is 9.06. The van der Waals surface area contributed by atoms with Gasteiger partial charge in [-0.25, -0.2) is 13.6 Å². The monoisotopic (exact) mass is 210 g/mol. The van der Waals surface area contributed by atoms with Gasteiger partial charge in [0.15, 0.2) is 0 Å². The summed E-state index contributed by atoms with van der Waals surface area (Å²) in [5.74, 6) is -0.118. The lowest BCUT2D eigenvalue weighted by Crippen LogP contribution is -2.46. The topological polar surface area (TPSA) is 92.4 Å². The van der Waals surface area contributed by atoms with Crippen LogP contribution in [0.1, 0.15) is 20.8 Å². The lowest BCUT2D eigenvalue weighted by atomic mass is 10.0. The van der Waals surface area contributed by atoms with E-state index in [9.17, 15) is 13.5 Å². The Kier molecular flexibility index (Phi) is 4.31. The summed E-state index contributed by atoms with van der Waals surface area (Å²) in [5.41, 5.74) is -0.863. The predicted octanol–water partition coefficient (Wildman–Crippen LogP) is -0.976. The van der Waals surface area contributed by atoms with E-state index in [-0.39, 0.29) is 18.3 Å². The molecule has 0 saturated heterocycles. The number of nitrogens with one attached hydrogen (secondary N) is 1. The van der Waals surface area contributed by atoms with Gasteiger partial charge in [-0.15, -0.1) is 0 Å². The molecule has 0 radical (unpaired) electrons. The molecular weight excluding hydrogens is 192 g/mol. The van der Waals surface area contributed by atoms with Crippen molar-refractivity contribution in [3.05, 3.63) is 0 Å². The molecule has 0 bridgehead atoms. The molecule has 6 heteroatoms. The van der Waals surface area contributed by atoms with Crippen molar-refractivity contribution in [1.29, 1.82) is 0 Å². The Labute approximate surface area is 79.4 Å². The molecule has 13 heavy (non-hydrogen) atoms. The fraction of sp³-hybridized carbons (Fsp3) is 1.00. The third-order valence-corrected chi connectivity index (χ3v) is 2.67. The molecule has 1 atom stereocenters.